The number of fused-ring (bicyclic) bond motifs is 2. The molecule has 0 spiro atoms. The standard InChI is InChI=1S/C25H26FNO5/c1-4-30-18-9-6-16(7-10-18)22-21-23(28)19-14-17(26)8-11-20(19)32-24(21)25(29)27(22)12-5-13-31-15(2)3/h6-11,14-15,22H,4-5,12-13H2,1-3H3. The van der Waals surface area contributed by atoms with Gasteiger partial charge < -0.3 is 18.8 Å². The molecule has 0 aliphatic carbocycles. The number of benzene rings is 2. The summed E-state index contributed by atoms with van der Waals surface area (Å²) >= 11 is 0. The minimum atomic E-state index is -0.629. The van der Waals surface area contributed by atoms with Crippen molar-refractivity contribution in [3.8, 4) is 5.75 Å². The van der Waals surface area contributed by atoms with Crippen LogP contribution in [-0.2, 0) is 4.74 Å². The van der Waals surface area contributed by atoms with Crippen molar-refractivity contribution in [3.63, 3.8) is 0 Å². The first-order valence-electron chi connectivity index (χ1n) is 10.8. The second kappa shape index (κ2) is 9.12. The van der Waals surface area contributed by atoms with Gasteiger partial charge in [-0.05, 0) is 63.1 Å². The van der Waals surface area contributed by atoms with E-state index in [0.717, 1.165) is 11.6 Å². The molecule has 2 aromatic carbocycles. The summed E-state index contributed by atoms with van der Waals surface area (Å²) in [6.45, 7) is 7.21. The maximum Gasteiger partial charge on any atom is 0.290 e. The lowest BCUT2D eigenvalue weighted by Crippen LogP contribution is -2.31. The smallest absolute Gasteiger partial charge is 0.290 e. The minimum Gasteiger partial charge on any atom is -0.494 e. The highest BCUT2D eigenvalue weighted by atomic mass is 19.1. The van der Waals surface area contributed by atoms with Gasteiger partial charge in [0.2, 0.25) is 5.76 Å². The number of hydrogen-bond acceptors (Lipinski definition) is 5. The Morgan fingerprint density at radius 2 is 1.88 bits per heavy atom. The van der Waals surface area contributed by atoms with Crippen LogP contribution in [0, 0.1) is 5.82 Å². The average molecular weight is 439 g/mol. The van der Waals surface area contributed by atoms with E-state index in [1.54, 1.807) is 4.90 Å². The molecule has 3 aromatic rings. The molecule has 6 nitrogen and oxygen atoms in total. The van der Waals surface area contributed by atoms with Gasteiger partial charge in [-0.3, -0.25) is 9.59 Å². The fourth-order valence-electron chi connectivity index (χ4n) is 4.04. The van der Waals surface area contributed by atoms with Crippen LogP contribution in [0.5, 0.6) is 5.75 Å². The quantitative estimate of drug-likeness (QED) is 0.476. The van der Waals surface area contributed by atoms with E-state index in [2.05, 4.69) is 0 Å². The molecule has 7 heteroatoms. The summed E-state index contributed by atoms with van der Waals surface area (Å²) in [6.07, 6.45) is 0.695. The lowest BCUT2D eigenvalue weighted by molar-refractivity contribution is 0.0593. The van der Waals surface area contributed by atoms with Crippen molar-refractivity contribution in [2.45, 2.75) is 39.3 Å². The highest BCUT2D eigenvalue weighted by Gasteiger charge is 2.42. The highest BCUT2D eigenvalue weighted by Crippen LogP contribution is 2.38. The molecule has 1 amide bonds. The van der Waals surface area contributed by atoms with Crippen LogP contribution < -0.4 is 10.2 Å². The Kier molecular flexibility index (Phi) is 6.28. The van der Waals surface area contributed by atoms with Gasteiger partial charge in [-0.2, -0.15) is 0 Å². The van der Waals surface area contributed by atoms with Crippen LogP contribution in [0.2, 0.25) is 0 Å². The van der Waals surface area contributed by atoms with E-state index in [1.165, 1.54) is 12.1 Å². The largest absolute Gasteiger partial charge is 0.494 e. The zero-order chi connectivity index (χ0) is 22.8. The lowest BCUT2D eigenvalue weighted by Gasteiger charge is -2.25. The summed E-state index contributed by atoms with van der Waals surface area (Å²) in [5, 5.41) is 0.123. The van der Waals surface area contributed by atoms with Crippen LogP contribution in [0.1, 0.15) is 54.9 Å². The van der Waals surface area contributed by atoms with Crippen LogP contribution in [0.4, 0.5) is 4.39 Å². The zero-order valence-electron chi connectivity index (χ0n) is 18.4. The number of nitrogens with zero attached hydrogens (tertiary/aromatic N) is 1. The predicted molar refractivity (Wildman–Crippen MR) is 119 cm³/mol. The summed E-state index contributed by atoms with van der Waals surface area (Å²) in [7, 11) is 0. The first-order chi connectivity index (χ1) is 15.4. The van der Waals surface area contributed by atoms with Gasteiger partial charge in [0.1, 0.15) is 17.1 Å². The molecular formula is C25H26FNO5. The Morgan fingerprint density at radius 3 is 2.56 bits per heavy atom. The summed E-state index contributed by atoms with van der Waals surface area (Å²) in [6, 6.07) is 10.4. The van der Waals surface area contributed by atoms with Gasteiger partial charge in [0, 0.05) is 13.2 Å². The monoisotopic (exact) mass is 439 g/mol. The van der Waals surface area contributed by atoms with Gasteiger partial charge >= 0.3 is 0 Å². The van der Waals surface area contributed by atoms with Gasteiger partial charge in [0.05, 0.1) is 29.7 Å². The van der Waals surface area contributed by atoms with E-state index in [0.29, 0.717) is 31.9 Å². The SMILES string of the molecule is CCOc1ccc(C2c3c(oc4ccc(F)cc4c3=O)C(=O)N2CCCOC(C)C)cc1. The van der Waals surface area contributed by atoms with Crippen LogP contribution in [-0.4, -0.2) is 36.7 Å². The minimum absolute atomic E-state index is 0.0118. The van der Waals surface area contributed by atoms with Crippen molar-refractivity contribution >= 4 is 16.9 Å². The molecular weight excluding hydrogens is 413 g/mol. The maximum absolute atomic E-state index is 13.8. The molecule has 0 radical (unpaired) electrons. The van der Waals surface area contributed by atoms with E-state index in [1.807, 2.05) is 45.0 Å². The molecule has 168 valence electrons. The first-order valence-corrected chi connectivity index (χ1v) is 10.8. The molecule has 0 N–H and O–H groups in total. The lowest BCUT2D eigenvalue weighted by atomic mass is 9.98. The summed E-state index contributed by atoms with van der Waals surface area (Å²) in [4.78, 5) is 28.3. The number of amides is 1. The second-order valence-electron chi connectivity index (χ2n) is 7.99. The van der Waals surface area contributed by atoms with Crippen LogP contribution in [0.25, 0.3) is 11.0 Å². The van der Waals surface area contributed by atoms with E-state index >= 15 is 0 Å². The molecule has 2 heterocycles. The molecule has 32 heavy (non-hydrogen) atoms. The highest BCUT2D eigenvalue weighted by molar-refractivity contribution is 5.99. The molecule has 1 aliphatic heterocycles. The molecule has 0 saturated carbocycles. The number of ether oxygens (including phenoxy) is 2. The summed E-state index contributed by atoms with van der Waals surface area (Å²) in [5.41, 5.74) is 0.795. The molecule has 1 unspecified atom stereocenters. The molecule has 4 rings (SSSR count). The molecule has 1 aromatic heterocycles. The van der Waals surface area contributed by atoms with Gasteiger partial charge in [-0.15, -0.1) is 0 Å². The van der Waals surface area contributed by atoms with E-state index < -0.39 is 17.3 Å². The van der Waals surface area contributed by atoms with Crippen LogP contribution in [0.3, 0.4) is 0 Å². The van der Waals surface area contributed by atoms with Gasteiger partial charge in [0.15, 0.2) is 5.43 Å². The van der Waals surface area contributed by atoms with E-state index in [-0.39, 0.29) is 34.3 Å². The number of carbonyl (C=O) groups excluding carboxylic acids is 1. The molecule has 1 atom stereocenters. The van der Waals surface area contributed by atoms with Crippen molar-refractivity contribution in [3.05, 3.63) is 75.4 Å². The predicted octanol–water partition coefficient (Wildman–Crippen LogP) is 4.69. The Hall–Kier alpha value is -3.19. The second-order valence-corrected chi connectivity index (χ2v) is 7.99. The Balaban J connectivity index is 1.79. The third-order valence-electron chi connectivity index (χ3n) is 5.43. The van der Waals surface area contributed by atoms with Crippen LogP contribution in [0.15, 0.2) is 51.7 Å². The summed E-state index contributed by atoms with van der Waals surface area (Å²) in [5.74, 6) is -0.177. The fraction of sp³-hybridized carbons (Fsp3) is 0.360. The van der Waals surface area contributed by atoms with Gasteiger partial charge in [-0.1, -0.05) is 12.1 Å². The summed E-state index contributed by atoms with van der Waals surface area (Å²) < 4.78 is 30.8. The number of hydrogen-bond donors (Lipinski definition) is 0. The van der Waals surface area contributed by atoms with Crippen molar-refractivity contribution < 1.29 is 23.1 Å². The Labute approximate surface area is 185 Å². The number of halogens is 1. The molecule has 0 fully saturated rings. The normalized spacial score (nSPS) is 15.6. The van der Waals surface area contributed by atoms with Crippen LogP contribution >= 0.6 is 0 Å². The number of carbonyl (C=O) groups is 1. The average Bonchev–Trinajstić information content (AvgIpc) is 3.04. The van der Waals surface area contributed by atoms with Crippen molar-refractivity contribution in [2.75, 3.05) is 19.8 Å². The van der Waals surface area contributed by atoms with Crippen molar-refractivity contribution in [1.29, 1.82) is 0 Å². The third kappa shape index (κ3) is 4.12. The Bertz CT molecular complexity index is 1190. The Morgan fingerprint density at radius 1 is 1.12 bits per heavy atom. The molecule has 0 bridgehead atoms. The zero-order valence-corrected chi connectivity index (χ0v) is 18.4. The topological polar surface area (TPSA) is 69.0 Å². The van der Waals surface area contributed by atoms with Crippen molar-refractivity contribution in [1.82, 2.24) is 4.90 Å². The molecule has 0 saturated heterocycles. The maximum atomic E-state index is 13.8. The van der Waals surface area contributed by atoms with Gasteiger partial charge in [0.25, 0.3) is 5.91 Å². The number of rotatable bonds is 8. The fourth-order valence-corrected chi connectivity index (χ4v) is 4.04. The van der Waals surface area contributed by atoms with Crippen molar-refractivity contribution in [2.24, 2.45) is 0 Å². The van der Waals surface area contributed by atoms with E-state index in [4.69, 9.17) is 13.9 Å². The third-order valence-corrected chi connectivity index (χ3v) is 5.43. The first kappa shape index (κ1) is 22.0. The van der Waals surface area contributed by atoms with E-state index in [9.17, 15) is 14.0 Å². The van der Waals surface area contributed by atoms with Gasteiger partial charge in [-0.25, -0.2) is 4.39 Å². The molecule has 1 aliphatic rings.